The van der Waals surface area contributed by atoms with Crippen molar-refractivity contribution in [1.82, 2.24) is 4.90 Å². The zero-order chi connectivity index (χ0) is 14.4. The first-order chi connectivity index (χ1) is 9.70. The summed E-state index contributed by atoms with van der Waals surface area (Å²) in [6.07, 6.45) is 4.11. The van der Waals surface area contributed by atoms with E-state index in [0.29, 0.717) is 24.6 Å². The van der Waals surface area contributed by atoms with Gasteiger partial charge in [-0.05, 0) is 38.4 Å². The standard InChI is InChI=1S/C17H22FNO/c1-14-6-2-4-10-19(14)13-16-9-8-15(12-17(16)18)7-3-5-11-20/h8-9,12,14,20H,2,4-6,10-11,13H2,1H3. The minimum atomic E-state index is -0.182. The first-order valence-electron chi connectivity index (χ1n) is 7.33. The van der Waals surface area contributed by atoms with E-state index in [1.54, 1.807) is 0 Å². The summed E-state index contributed by atoms with van der Waals surface area (Å²) < 4.78 is 14.1. The Morgan fingerprint density at radius 3 is 2.95 bits per heavy atom. The maximum Gasteiger partial charge on any atom is 0.128 e. The molecule has 1 atom stereocenters. The Morgan fingerprint density at radius 2 is 2.25 bits per heavy atom. The van der Waals surface area contributed by atoms with E-state index in [9.17, 15) is 4.39 Å². The van der Waals surface area contributed by atoms with Crippen LogP contribution in [0.2, 0.25) is 0 Å². The molecule has 0 spiro atoms. The number of halogens is 1. The van der Waals surface area contributed by atoms with Gasteiger partial charge in [0.1, 0.15) is 5.82 Å². The molecular weight excluding hydrogens is 253 g/mol. The lowest BCUT2D eigenvalue weighted by Crippen LogP contribution is -2.36. The van der Waals surface area contributed by atoms with Gasteiger partial charge in [0.2, 0.25) is 0 Å². The van der Waals surface area contributed by atoms with Crippen LogP contribution in [0.3, 0.4) is 0 Å². The van der Waals surface area contributed by atoms with Crippen molar-refractivity contribution in [2.75, 3.05) is 13.2 Å². The summed E-state index contributed by atoms with van der Waals surface area (Å²) >= 11 is 0. The Kier molecular flexibility index (Phi) is 5.58. The van der Waals surface area contributed by atoms with Gasteiger partial charge in [-0.1, -0.05) is 24.3 Å². The van der Waals surface area contributed by atoms with Gasteiger partial charge in [0, 0.05) is 30.1 Å². The molecule has 1 aliphatic rings. The van der Waals surface area contributed by atoms with Crippen molar-refractivity contribution in [2.45, 2.75) is 45.2 Å². The van der Waals surface area contributed by atoms with Crippen molar-refractivity contribution in [2.24, 2.45) is 0 Å². The van der Waals surface area contributed by atoms with E-state index in [-0.39, 0.29) is 12.4 Å². The molecule has 1 aromatic carbocycles. The molecule has 1 fully saturated rings. The van der Waals surface area contributed by atoms with Crippen LogP contribution in [0.15, 0.2) is 18.2 Å². The number of hydrogen-bond donors (Lipinski definition) is 1. The summed E-state index contributed by atoms with van der Waals surface area (Å²) in [4.78, 5) is 2.35. The van der Waals surface area contributed by atoms with Gasteiger partial charge in [-0.2, -0.15) is 0 Å². The molecule has 0 amide bonds. The molecule has 1 unspecified atom stereocenters. The van der Waals surface area contributed by atoms with Crippen LogP contribution in [0.4, 0.5) is 4.39 Å². The van der Waals surface area contributed by atoms with E-state index in [4.69, 9.17) is 5.11 Å². The third-order valence-corrected chi connectivity index (χ3v) is 3.84. The number of likely N-dealkylation sites (tertiary alicyclic amines) is 1. The fraction of sp³-hybridized carbons (Fsp3) is 0.529. The predicted octanol–water partition coefficient (Wildman–Crippen LogP) is 2.93. The Hall–Kier alpha value is -1.37. The second-order valence-electron chi connectivity index (χ2n) is 5.40. The zero-order valence-corrected chi connectivity index (χ0v) is 12.0. The summed E-state index contributed by atoms with van der Waals surface area (Å²) in [7, 11) is 0. The van der Waals surface area contributed by atoms with Crippen LogP contribution in [0.25, 0.3) is 0 Å². The SMILES string of the molecule is CC1CCCCN1Cc1ccc(C#CCCO)cc1F. The van der Waals surface area contributed by atoms with Crippen LogP contribution < -0.4 is 0 Å². The maximum atomic E-state index is 14.1. The topological polar surface area (TPSA) is 23.5 Å². The molecule has 3 heteroatoms. The largest absolute Gasteiger partial charge is 0.395 e. The number of aliphatic hydroxyl groups excluding tert-OH is 1. The fourth-order valence-electron chi connectivity index (χ4n) is 2.59. The maximum absolute atomic E-state index is 14.1. The average molecular weight is 275 g/mol. The van der Waals surface area contributed by atoms with Crippen molar-refractivity contribution in [3.63, 3.8) is 0 Å². The number of nitrogens with zero attached hydrogens (tertiary/aromatic N) is 1. The van der Waals surface area contributed by atoms with Crippen molar-refractivity contribution < 1.29 is 9.50 Å². The first kappa shape index (κ1) is 15.0. The average Bonchev–Trinajstić information content (AvgIpc) is 2.44. The van der Waals surface area contributed by atoms with E-state index >= 15 is 0 Å². The second kappa shape index (κ2) is 7.42. The molecule has 0 bridgehead atoms. The quantitative estimate of drug-likeness (QED) is 0.857. The molecule has 2 nitrogen and oxygen atoms in total. The van der Waals surface area contributed by atoms with E-state index in [0.717, 1.165) is 12.1 Å². The van der Waals surface area contributed by atoms with Gasteiger partial charge < -0.3 is 5.11 Å². The van der Waals surface area contributed by atoms with Crippen LogP contribution in [0, 0.1) is 17.7 Å². The fourth-order valence-corrected chi connectivity index (χ4v) is 2.59. The van der Waals surface area contributed by atoms with Crippen molar-refractivity contribution in [3.05, 3.63) is 35.1 Å². The summed E-state index contributed by atoms with van der Waals surface area (Å²) in [5.74, 6) is 5.49. The summed E-state index contributed by atoms with van der Waals surface area (Å²) in [5, 5.41) is 8.67. The number of piperidine rings is 1. The lowest BCUT2D eigenvalue weighted by Gasteiger charge is -2.33. The third kappa shape index (κ3) is 4.06. The summed E-state index contributed by atoms with van der Waals surface area (Å²) in [5.41, 5.74) is 1.41. The number of aliphatic hydroxyl groups is 1. The molecule has 1 aliphatic heterocycles. The summed E-state index contributed by atoms with van der Waals surface area (Å²) in [6.45, 7) is 3.99. The van der Waals surface area contributed by atoms with E-state index in [1.807, 2.05) is 12.1 Å². The van der Waals surface area contributed by atoms with Crippen LogP contribution >= 0.6 is 0 Å². The van der Waals surface area contributed by atoms with Gasteiger partial charge in [-0.15, -0.1) is 0 Å². The molecule has 108 valence electrons. The minimum Gasteiger partial charge on any atom is -0.395 e. The highest BCUT2D eigenvalue weighted by molar-refractivity contribution is 5.37. The van der Waals surface area contributed by atoms with Crippen LogP contribution in [0.1, 0.15) is 43.7 Å². The van der Waals surface area contributed by atoms with E-state index in [1.165, 1.54) is 25.3 Å². The molecule has 0 radical (unpaired) electrons. The number of benzene rings is 1. The molecule has 20 heavy (non-hydrogen) atoms. The minimum absolute atomic E-state index is 0.0421. The lowest BCUT2D eigenvalue weighted by atomic mass is 10.0. The van der Waals surface area contributed by atoms with Crippen LogP contribution in [0.5, 0.6) is 0 Å². The molecule has 2 rings (SSSR count). The molecule has 0 aliphatic carbocycles. The van der Waals surface area contributed by atoms with Gasteiger partial charge in [0.25, 0.3) is 0 Å². The van der Waals surface area contributed by atoms with Gasteiger partial charge >= 0.3 is 0 Å². The van der Waals surface area contributed by atoms with Crippen LogP contribution in [-0.4, -0.2) is 29.2 Å². The van der Waals surface area contributed by atoms with Gasteiger partial charge in [0.15, 0.2) is 0 Å². The summed E-state index contributed by atoms with van der Waals surface area (Å²) in [6, 6.07) is 5.72. The smallest absolute Gasteiger partial charge is 0.128 e. The van der Waals surface area contributed by atoms with Crippen molar-refractivity contribution in [3.8, 4) is 11.8 Å². The molecule has 1 N–H and O–H groups in total. The Labute approximate surface area is 120 Å². The monoisotopic (exact) mass is 275 g/mol. The van der Waals surface area contributed by atoms with E-state index < -0.39 is 0 Å². The third-order valence-electron chi connectivity index (χ3n) is 3.84. The van der Waals surface area contributed by atoms with Gasteiger partial charge in [-0.25, -0.2) is 4.39 Å². The van der Waals surface area contributed by atoms with Crippen LogP contribution in [-0.2, 0) is 6.54 Å². The molecule has 1 heterocycles. The lowest BCUT2D eigenvalue weighted by molar-refractivity contribution is 0.151. The normalized spacial score (nSPS) is 19.4. The Balaban J connectivity index is 2.04. The van der Waals surface area contributed by atoms with E-state index in [2.05, 4.69) is 23.7 Å². The molecular formula is C17H22FNO. The van der Waals surface area contributed by atoms with Crippen molar-refractivity contribution in [1.29, 1.82) is 0 Å². The Morgan fingerprint density at radius 1 is 1.40 bits per heavy atom. The molecule has 1 saturated heterocycles. The molecule has 0 aromatic heterocycles. The second-order valence-corrected chi connectivity index (χ2v) is 5.40. The molecule has 1 aromatic rings. The molecule has 0 saturated carbocycles. The van der Waals surface area contributed by atoms with Gasteiger partial charge in [-0.3, -0.25) is 4.90 Å². The highest BCUT2D eigenvalue weighted by Crippen LogP contribution is 2.20. The predicted molar refractivity (Wildman–Crippen MR) is 78.7 cm³/mol. The Bertz CT molecular complexity index is 503. The highest BCUT2D eigenvalue weighted by atomic mass is 19.1. The van der Waals surface area contributed by atoms with Gasteiger partial charge in [0.05, 0.1) is 6.61 Å². The number of rotatable bonds is 3. The zero-order valence-electron chi connectivity index (χ0n) is 12.0. The first-order valence-corrected chi connectivity index (χ1v) is 7.33. The van der Waals surface area contributed by atoms with Crippen molar-refractivity contribution >= 4 is 0 Å². The highest BCUT2D eigenvalue weighted by Gasteiger charge is 2.19. The number of hydrogen-bond acceptors (Lipinski definition) is 2.